The maximum absolute atomic E-state index is 12.4. The molecule has 1 aromatic rings. The minimum atomic E-state index is -0.0741. The van der Waals surface area contributed by atoms with E-state index in [1.54, 1.807) is 12.0 Å². The van der Waals surface area contributed by atoms with Gasteiger partial charge in [0.25, 0.3) is 5.91 Å². The summed E-state index contributed by atoms with van der Waals surface area (Å²) in [7, 11) is 1.63. The highest BCUT2D eigenvalue weighted by molar-refractivity contribution is 7.18. The maximum atomic E-state index is 12.4. The van der Waals surface area contributed by atoms with E-state index in [1.807, 2.05) is 6.92 Å². The van der Waals surface area contributed by atoms with Crippen molar-refractivity contribution in [2.45, 2.75) is 13.0 Å². The number of anilines is 2. The fourth-order valence-corrected chi connectivity index (χ4v) is 2.85. The summed E-state index contributed by atoms with van der Waals surface area (Å²) in [5, 5.41) is 3.72. The van der Waals surface area contributed by atoms with Gasteiger partial charge in [-0.3, -0.25) is 4.79 Å². The van der Waals surface area contributed by atoms with Crippen LogP contribution in [-0.2, 0) is 9.47 Å². The molecule has 0 aromatic carbocycles. The third-order valence-corrected chi connectivity index (χ3v) is 3.98. The normalized spacial score (nSPS) is 19.1. The number of nitrogen functional groups attached to an aromatic ring is 1. The van der Waals surface area contributed by atoms with Crippen LogP contribution >= 0.6 is 11.3 Å². The highest BCUT2D eigenvalue weighted by atomic mass is 32.1. The van der Waals surface area contributed by atoms with Gasteiger partial charge in [0.05, 0.1) is 19.3 Å². The summed E-state index contributed by atoms with van der Waals surface area (Å²) in [6, 6.07) is 0. The van der Waals surface area contributed by atoms with Crippen molar-refractivity contribution < 1.29 is 14.3 Å². The van der Waals surface area contributed by atoms with Crippen molar-refractivity contribution >= 4 is 28.2 Å². The summed E-state index contributed by atoms with van der Waals surface area (Å²) in [6.07, 6.45) is 0.0566. The van der Waals surface area contributed by atoms with Gasteiger partial charge >= 0.3 is 0 Å². The second kappa shape index (κ2) is 6.87. The number of nitrogens with zero attached hydrogens (tertiary/aromatic N) is 2. The number of ether oxygens (including phenoxy) is 2. The largest absolute Gasteiger partial charge is 0.383 e. The average Bonchev–Trinajstić information content (AvgIpc) is 2.79. The number of aromatic nitrogens is 1. The number of amides is 1. The summed E-state index contributed by atoms with van der Waals surface area (Å²) in [6.45, 7) is 4.89. The predicted octanol–water partition coefficient (Wildman–Crippen LogP) is 0.645. The number of carbonyl (C=O) groups excluding carboxylic acids is 1. The number of nitrogens with one attached hydrogen (secondary N) is 1. The van der Waals surface area contributed by atoms with Crippen LogP contribution in [0.1, 0.15) is 16.6 Å². The molecule has 0 spiro atoms. The lowest BCUT2D eigenvalue weighted by Gasteiger charge is -2.30. The summed E-state index contributed by atoms with van der Waals surface area (Å²) in [4.78, 5) is 18.8. The van der Waals surface area contributed by atoms with E-state index < -0.39 is 0 Å². The zero-order valence-electron chi connectivity index (χ0n) is 11.7. The molecule has 1 aromatic heterocycles. The molecule has 7 nitrogen and oxygen atoms in total. The van der Waals surface area contributed by atoms with Crippen molar-refractivity contribution in [3.63, 3.8) is 0 Å². The number of thiazole rings is 1. The van der Waals surface area contributed by atoms with E-state index in [0.29, 0.717) is 42.9 Å². The minimum Gasteiger partial charge on any atom is -0.383 e. The van der Waals surface area contributed by atoms with E-state index >= 15 is 0 Å². The zero-order chi connectivity index (χ0) is 14.5. The van der Waals surface area contributed by atoms with E-state index in [9.17, 15) is 4.79 Å². The van der Waals surface area contributed by atoms with Crippen LogP contribution in [0.15, 0.2) is 0 Å². The van der Waals surface area contributed by atoms with Gasteiger partial charge in [-0.25, -0.2) is 4.98 Å². The summed E-state index contributed by atoms with van der Waals surface area (Å²) >= 11 is 1.28. The lowest BCUT2D eigenvalue weighted by atomic mass is 10.3. The van der Waals surface area contributed by atoms with Crippen LogP contribution in [0.25, 0.3) is 0 Å². The molecule has 1 atom stereocenters. The van der Waals surface area contributed by atoms with Gasteiger partial charge in [0, 0.05) is 26.7 Å². The average molecular weight is 300 g/mol. The molecule has 0 radical (unpaired) electrons. The molecule has 1 unspecified atom stereocenters. The molecule has 0 aliphatic carbocycles. The van der Waals surface area contributed by atoms with Crippen molar-refractivity contribution in [1.29, 1.82) is 0 Å². The summed E-state index contributed by atoms with van der Waals surface area (Å²) in [5.41, 5.74) is 5.84. The predicted molar refractivity (Wildman–Crippen MR) is 78.2 cm³/mol. The number of methoxy groups -OCH3 is 1. The first-order chi connectivity index (χ1) is 9.61. The fraction of sp³-hybridized carbons (Fsp3) is 0.667. The molecular formula is C12H20N4O3S. The highest BCUT2D eigenvalue weighted by Gasteiger charge is 2.26. The molecule has 1 aliphatic heterocycles. The number of carbonyl (C=O) groups is 1. The molecule has 112 valence electrons. The van der Waals surface area contributed by atoms with E-state index in [0.717, 1.165) is 0 Å². The number of hydrogen-bond donors (Lipinski definition) is 2. The Morgan fingerprint density at radius 2 is 2.50 bits per heavy atom. The van der Waals surface area contributed by atoms with Gasteiger partial charge in [-0.15, -0.1) is 0 Å². The Kier molecular flexibility index (Phi) is 5.16. The molecule has 2 heterocycles. The molecule has 8 heteroatoms. The number of hydrogen-bond acceptors (Lipinski definition) is 7. The molecule has 1 aliphatic rings. The number of rotatable bonds is 5. The Balaban J connectivity index is 2.02. The van der Waals surface area contributed by atoms with Gasteiger partial charge in [-0.2, -0.15) is 0 Å². The first-order valence-corrected chi connectivity index (χ1v) is 7.33. The van der Waals surface area contributed by atoms with Crippen LogP contribution < -0.4 is 11.1 Å². The Bertz CT molecular complexity index is 466. The molecule has 0 saturated carbocycles. The van der Waals surface area contributed by atoms with Crippen LogP contribution in [0.4, 0.5) is 10.9 Å². The van der Waals surface area contributed by atoms with E-state index in [-0.39, 0.29) is 17.8 Å². The van der Waals surface area contributed by atoms with Crippen molar-refractivity contribution in [2.24, 2.45) is 0 Å². The summed E-state index contributed by atoms with van der Waals surface area (Å²) < 4.78 is 10.4. The second-order valence-corrected chi connectivity index (χ2v) is 5.58. The molecule has 1 saturated heterocycles. The van der Waals surface area contributed by atoms with Crippen LogP contribution in [-0.4, -0.2) is 61.9 Å². The number of nitrogens with two attached hydrogens (primary N) is 1. The fourth-order valence-electron chi connectivity index (χ4n) is 1.97. The quantitative estimate of drug-likeness (QED) is 0.776. The van der Waals surface area contributed by atoms with Gasteiger partial charge in [0.15, 0.2) is 5.13 Å². The monoisotopic (exact) mass is 300 g/mol. The first-order valence-electron chi connectivity index (χ1n) is 6.51. The Hall–Kier alpha value is -1.38. The third kappa shape index (κ3) is 3.59. The Morgan fingerprint density at radius 3 is 3.20 bits per heavy atom. The lowest BCUT2D eigenvalue weighted by Crippen LogP contribution is -2.44. The Morgan fingerprint density at radius 1 is 1.70 bits per heavy atom. The molecule has 20 heavy (non-hydrogen) atoms. The SMILES string of the molecule is COCCNc1nc(N)c(C(=O)N2CCOC(C)C2)s1. The van der Waals surface area contributed by atoms with Gasteiger partial charge < -0.3 is 25.4 Å². The zero-order valence-corrected chi connectivity index (χ0v) is 12.5. The van der Waals surface area contributed by atoms with Crippen molar-refractivity contribution in [1.82, 2.24) is 9.88 Å². The summed E-state index contributed by atoms with van der Waals surface area (Å²) in [5.74, 6) is 0.203. The molecule has 0 bridgehead atoms. The van der Waals surface area contributed by atoms with Crippen molar-refractivity contribution in [3.05, 3.63) is 4.88 Å². The van der Waals surface area contributed by atoms with Gasteiger partial charge in [-0.05, 0) is 6.92 Å². The van der Waals surface area contributed by atoms with Crippen molar-refractivity contribution in [2.75, 3.05) is 51.0 Å². The van der Waals surface area contributed by atoms with Gasteiger partial charge in [0.2, 0.25) is 0 Å². The van der Waals surface area contributed by atoms with Crippen molar-refractivity contribution in [3.8, 4) is 0 Å². The second-order valence-electron chi connectivity index (χ2n) is 4.59. The molecule has 3 N–H and O–H groups in total. The smallest absolute Gasteiger partial charge is 0.268 e. The van der Waals surface area contributed by atoms with Crippen LogP contribution in [0.2, 0.25) is 0 Å². The van der Waals surface area contributed by atoms with E-state index in [4.69, 9.17) is 15.2 Å². The van der Waals surface area contributed by atoms with Crippen LogP contribution in [0.3, 0.4) is 0 Å². The van der Waals surface area contributed by atoms with E-state index in [1.165, 1.54) is 11.3 Å². The van der Waals surface area contributed by atoms with Gasteiger partial charge in [0.1, 0.15) is 10.7 Å². The van der Waals surface area contributed by atoms with E-state index in [2.05, 4.69) is 10.3 Å². The topological polar surface area (TPSA) is 89.7 Å². The lowest BCUT2D eigenvalue weighted by molar-refractivity contribution is -0.0122. The first kappa shape index (κ1) is 15.0. The number of morpholine rings is 1. The standard InChI is InChI=1S/C12H20N4O3S/c1-8-7-16(4-6-19-8)11(17)9-10(13)15-12(20-9)14-3-5-18-2/h8H,3-7,13H2,1-2H3,(H,14,15). The molecule has 2 rings (SSSR count). The van der Waals surface area contributed by atoms with Gasteiger partial charge in [-0.1, -0.05) is 11.3 Å². The molecule has 1 amide bonds. The highest BCUT2D eigenvalue weighted by Crippen LogP contribution is 2.26. The Labute approximate surface area is 122 Å². The van der Waals surface area contributed by atoms with Crippen LogP contribution in [0, 0.1) is 0 Å². The van der Waals surface area contributed by atoms with Crippen LogP contribution in [0.5, 0.6) is 0 Å². The molecule has 1 fully saturated rings. The molecular weight excluding hydrogens is 280 g/mol. The third-order valence-electron chi connectivity index (χ3n) is 2.96. The minimum absolute atomic E-state index is 0.0566. The maximum Gasteiger partial charge on any atom is 0.268 e.